The molecule has 0 saturated heterocycles. The molecule has 11 rings (SSSR count). The van der Waals surface area contributed by atoms with E-state index in [1.807, 2.05) is 0 Å². The Bertz CT molecular complexity index is 3150. The highest BCUT2D eigenvalue weighted by Gasteiger charge is 2.20. The molecule has 9 aromatic carbocycles. The molecule has 0 aliphatic heterocycles. The fraction of sp³-hybridized carbons (Fsp3) is 0. The van der Waals surface area contributed by atoms with Crippen LogP contribution in [0.2, 0.25) is 0 Å². The second-order valence-corrected chi connectivity index (χ2v) is 13.8. The van der Waals surface area contributed by atoms with Gasteiger partial charge in [-0.3, -0.25) is 0 Å². The Balaban J connectivity index is 1.24. The van der Waals surface area contributed by atoms with Gasteiger partial charge in [-0.25, -0.2) is 0 Å². The largest absolute Gasteiger partial charge is 0.309 e. The first kappa shape index (κ1) is 28.9. The van der Waals surface area contributed by atoms with E-state index < -0.39 is 0 Å². The number of benzene rings is 9. The van der Waals surface area contributed by atoms with E-state index in [0.717, 1.165) is 11.4 Å². The van der Waals surface area contributed by atoms with E-state index in [1.165, 1.54) is 87.4 Å². The molecule has 0 aliphatic carbocycles. The quantitative estimate of drug-likeness (QED) is 0.178. The van der Waals surface area contributed by atoms with Crippen LogP contribution < -0.4 is 0 Å². The van der Waals surface area contributed by atoms with Gasteiger partial charge in [-0.1, -0.05) is 140 Å². The van der Waals surface area contributed by atoms with Crippen molar-refractivity contribution in [1.82, 2.24) is 9.13 Å². The molecule has 52 heavy (non-hydrogen) atoms. The third kappa shape index (κ3) is 4.38. The SMILES string of the molecule is c1ccc(-c2ccc(-n3c4ccccc4c4cc5c(cc43)c3cc4ccccc4cc3n5-c3cc(-c4ccccc4)c4ccccc4c3)cc2)cc1. The van der Waals surface area contributed by atoms with Crippen molar-refractivity contribution >= 4 is 65.2 Å². The third-order valence-corrected chi connectivity index (χ3v) is 10.8. The van der Waals surface area contributed by atoms with Gasteiger partial charge in [-0.05, 0) is 98.4 Å². The lowest BCUT2D eigenvalue weighted by atomic mass is 9.97. The van der Waals surface area contributed by atoms with Gasteiger partial charge in [0, 0.05) is 32.9 Å². The van der Waals surface area contributed by atoms with Crippen molar-refractivity contribution in [1.29, 1.82) is 0 Å². The summed E-state index contributed by atoms with van der Waals surface area (Å²) in [6.45, 7) is 0. The average molecular weight is 661 g/mol. The minimum Gasteiger partial charge on any atom is -0.309 e. The van der Waals surface area contributed by atoms with Gasteiger partial charge in [0.25, 0.3) is 0 Å². The maximum Gasteiger partial charge on any atom is 0.0548 e. The Hall–Kier alpha value is -6.90. The second kappa shape index (κ2) is 11.3. The normalized spacial score (nSPS) is 11.8. The van der Waals surface area contributed by atoms with Gasteiger partial charge in [0.1, 0.15) is 0 Å². The standard InChI is InChI=1S/C50H32N2/c1-3-13-33(14-4-1)34-23-25-39(26-24-34)51-47-22-12-11-21-42(47)45-31-50-46(32-49(45)51)44-28-36-17-7-8-18-37(36)29-48(44)52(50)40-27-38-19-9-10-20-41(38)43(30-40)35-15-5-2-6-16-35/h1-32H. The first-order valence-electron chi connectivity index (χ1n) is 17.9. The van der Waals surface area contributed by atoms with Crippen LogP contribution in [-0.4, -0.2) is 9.13 Å². The number of para-hydroxylation sites is 1. The van der Waals surface area contributed by atoms with Crippen molar-refractivity contribution in [2.75, 3.05) is 0 Å². The smallest absolute Gasteiger partial charge is 0.0548 e. The van der Waals surface area contributed by atoms with Gasteiger partial charge >= 0.3 is 0 Å². The maximum absolute atomic E-state index is 2.50. The van der Waals surface area contributed by atoms with Crippen molar-refractivity contribution in [3.05, 3.63) is 194 Å². The number of rotatable bonds is 4. The minimum atomic E-state index is 1.15. The molecule has 2 aromatic heterocycles. The average Bonchev–Trinajstić information content (AvgIpc) is 3.70. The zero-order chi connectivity index (χ0) is 34.2. The second-order valence-electron chi connectivity index (χ2n) is 13.8. The van der Waals surface area contributed by atoms with Crippen molar-refractivity contribution in [3.8, 4) is 33.6 Å². The Morgan fingerprint density at radius 2 is 0.750 bits per heavy atom. The van der Waals surface area contributed by atoms with Crippen LogP contribution in [0.5, 0.6) is 0 Å². The predicted octanol–water partition coefficient (Wildman–Crippen LogP) is 13.5. The molecular weight excluding hydrogens is 629 g/mol. The zero-order valence-corrected chi connectivity index (χ0v) is 28.4. The third-order valence-electron chi connectivity index (χ3n) is 10.8. The van der Waals surface area contributed by atoms with Crippen molar-refractivity contribution in [2.24, 2.45) is 0 Å². The molecule has 0 saturated carbocycles. The van der Waals surface area contributed by atoms with Gasteiger partial charge < -0.3 is 9.13 Å². The Labute approximate surface area is 301 Å². The molecular formula is C50H32N2. The van der Waals surface area contributed by atoms with Crippen molar-refractivity contribution < 1.29 is 0 Å². The molecule has 0 amide bonds. The summed E-state index contributed by atoms with van der Waals surface area (Å²) in [5.74, 6) is 0. The fourth-order valence-corrected chi connectivity index (χ4v) is 8.43. The summed E-state index contributed by atoms with van der Waals surface area (Å²) < 4.78 is 4.93. The first-order valence-corrected chi connectivity index (χ1v) is 17.9. The molecule has 0 aliphatic rings. The van der Waals surface area contributed by atoms with Crippen molar-refractivity contribution in [2.45, 2.75) is 0 Å². The summed E-state index contributed by atoms with van der Waals surface area (Å²) in [6.07, 6.45) is 0. The lowest BCUT2D eigenvalue weighted by molar-refractivity contribution is 1.18. The summed E-state index contributed by atoms with van der Waals surface area (Å²) in [5, 5.41) is 9.95. The van der Waals surface area contributed by atoms with E-state index >= 15 is 0 Å². The highest BCUT2D eigenvalue weighted by atomic mass is 15.0. The molecule has 242 valence electrons. The Kier molecular flexibility index (Phi) is 6.28. The van der Waals surface area contributed by atoms with Crippen LogP contribution in [0.4, 0.5) is 0 Å². The lowest BCUT2D eigenvalue weighted by Crippen LogP contribution is -1.96. The molecule has 2 heterocycles. The fourth-order valence-electron chi connectivity index (χ4n) is 8.43. The summed E-state index contributed by atoms with van der Waals surface area (Å²) in [6, 6.07) is 71.1. The predicted molar refractivity (Wildman–Crippen MR) is 221 cm³/mol. The first-order chi connectivity index (χ1) is 25.8. The molecule has 0 fully saturated rings. The van der Waals surface area contributed by atoms with Crippen LogP contribution in [0.25, 0.3) is 98.8 Å². The molecule has 2 heteroatoms. The van der Waals surface area contributed by atoms with Crippen LogP contribution in [-0.2, 0) is 0 Å². The van der Waals surface area contributed by atoms with Crippen LogP contribution in [0.3, 0.4) is 0 Å². The van der Waals surface area contributed by atoms with Gasteiger partial charge in [-0.15, -0.1) is 0 Å². The summed E-state index contributed by atoms with van der Waals surface area (Å²) in [7, 11) is 0. The topological polar surface area (TPSA) is 9.86 Å². The molecule has 2 nitrogen and oxygen atoms in total. The highest BCUT2D eigenvalue weighted by Crippen LogP contribution is 2.42. The van der Waals surface area contributed by atoms with E-state index in [-0.39, 0.29) is 0 Å². The number of hydrogen-bond donors (Lipinski definition) is 0. The minimum absolute atomic E-state index is 1.15. The molecule has 11 aromatic rings. The van der Waals surface area contributed by atoms with Crippen LogP contribution in [0.1, 0.15) is 0 Å². The summed E-state index contributed by atoms with van der Waals surface area (Å²) >= 11 is 0. The van der Waals surface area contributed by atoms with Crippen LogP contribution >= 0.6 is 0 Å². The van der Waals surface area contributed by atoms with E-state index in [9.17, 15) is 0 Å². The molecule has 0 spiro atoms. The molecule has 0 unspecified atom stereocenters. The summed E-state index contributed by atoms with van der Waals surface area (Å²) in [4.78, 5) is 0. The number of aromatic nitrogens is 2. The highest BCUT2D eigenvalue weighted by molar-refractivity contribution is 6.20. The van der Waals surface area contributed by atoms with E-state index in [2.05, 4.69) is 203 Å². The lowest BCUT2D eigenvalue weighted by Gasteiger charge is -2.14. The molecule has 0 bridgehead atoms. The number of fused-ring (bicyclic) bond motifs is 8. The van der Waals surface area contributed by atoms with Gasteiger partial charge in [0.2, 0.25) is 0 Å². The summed E-state index contributed by atoms with van der Waals surface area (Å²) in [5.41, 5.74) is 12.0. The van der Waals surface area contributed by atoms with Crippen molar-refractivity contribution in [3.63, 3.8) is 0 Å². The number of hydrogen-bond acceptors (Lipinski definition) is 0. The van der Waals surface area contributed by atoms with E-state index in [0.29, 0.717) is 0 Å². The van der Waals surface area contributed by atoms with E-state index in [4.69, 9.17) is 0 Å². The Morgan fingerprint density at radius 1 is 0.250 bits per heavy atom. The van der Waals surface area contributed by atoms with Crippen LogP contribution in [0, 0.1) is 0 Å². The van der Waals surface area contributed by atoms with Crippen LogP contribution in [0.15, 0.2) is 194 Å². The maximum atomic E-state index is 2.50. The number of nitrogens with zero attached hydrogens (tertiary/aromatic N) is 2. The van der Waals surface area contributed by atoms with Gasteiger partial charge in [-0.2, -0.15) is 0 Å². The monoisotopic (exact) mass is 660 g/mol. The van der Waals surface area contributed by atoms with Gasteiger partial charge in [0.15, 0.2) is 0 Å². The Morgan fingerprint density at radius 3 is 1.48 bits per heavy atom. The molecule has 0 atom stereocenters. The van der Waals surface area contributed by atoms with Gasteiger partial charge in [0.05, 0.1) is 22.1 Å². The molecule has 0 N–H and O–H groups in total. The zero-order valence-electron chi connectivity index (χ0n) is 28.4. The molecule has 0 radical (unpaired) electrons. The van der Waals surface area contributed by atoms with E-state index in [1.54, 1.807) is 0 Å².